The van der Waals surface area contributed by atoms with Gasteiger partial charge < -0.3 is 0 Å². The molecule has 0 bridgehead atoms. The molecule has 68 valence electrons. The van der Waals surface area contributed by atoms with Crippen molar-refractivity contribution in [3.05, 3.63) is 0 Å². The minimum atomic E-state index is 0.109. The summed E-state index contributed by atoms with van der Waals surface area (Å²) in [5.74, 6) is 0. The van der Waals surface area contributed by atoms with E-state index in [2.05, 4.69) is 32.2 Å². The smallest absolute Gasteiger partial charge is 0.0955 e. The molecule has 1 heterocycles. The lowest BCUT2D eigenvalue weighted by Gasteiger charge is -2.22. The van der Waals surface area contributed by atoms with Crippen molar-refractivity contribution in [1.29, 1.82) is 5.26 Å². The quantitative estimate of drug-likeness (QED) is 0.647. The summed E-state index contributed by atoms with van der Waals surface area (Å²) in [7, 11) is 0. The molecule has 0 unspecified atom stereocenters. The van der Waals surface area contributed by atoms with E-state index in [-0.39, 0.29) is 6.04 Å². The molecule has 1 saturated heterocycles. The van der Waals surface area contributed by atoms with Crippen molar-refractivity contribution in [3.63, 3.8) is 0 Å². The number of rotatable bonds is 1. The normalized spacial score (nSPS) is 30.2. The Bertz CT molecular complexity index is 185. The van der Waals surface area contributed by atoms with Gasteiger partial charge in [-0.15, -0.1) is 0 Å². The van der Waals surface area contributed by atoms with Crippen LogP contribution >= 0.6 is 0 Å². The van der Waals surface area contributed by atoms with Gasteiger partial charge in [0.05, 0.1) is 12.1 Å². The maximum absolute atomic E-state index is 8.67. The molecule has 2 atom stereocenters. The molecular weight excluding hydrogens is 148 g/mol. The molecule has 1 aliphatic rings. The summed E-state index contributed by atoms with van der Waals surface area (Å²) in [5, 5.41) is 12.0. The molecule has 2 heteroatoms. The van der Waals surface area contributed by atoms with Crippen LogP contribution in [0.15, 0.2) is 0 Å². The average Bonchev–Trinajstić information content (AvgIpc) is 2.32. The van der Waals surface area contributed by atoms with Crippen LogP contribution in [0.4, 0.5) is 0 Å². The van der Waals surface area contributed by atoms with Crippen LogP contribution in [0.1, 0.15) is 40.0 Å². The molecule has 1 aliphatic heterocycles. The van der Waals surface area contributed by atoms with Crippen LogP contribution in [0.5, 0.6) is 0 Å². The van der Waals surface area contributed by atoms with E-state index in [1.165, 1.54) is 6.42 Å². The number of nitrogens with one attached hydrogen (secondary N) is 1. The van der Waals surface area contributed by atoms with E-state index in [1.807, 2.05) is 0 Å². The van der Waals surface area contributed by atoms with Gasteiger partial charge in [0.25, 0.3) is 0 Å². The molecule has 0 spiro atoms. The number of nitriles is 1. The first-order chi connectivity index (χ1) is 5.51. The number of nitrogens with zero attached hydrogens (tertiary/aromatic N) is 1. The van der Waals surface area contributed by atoms with Crippen molar-refractivity contribution in [2.24, 2.45) is 5.41 Å². The fourth-order valence-electron chi connectivity index (χ4n) is 1.82. The lowest BCUT2D eigenvalue weighted by molar-refractivity contribution is 0.323. The predicted molar refractivity (Wildman–Crippen MR) is 49.6 cm³/mol. The highest BCUT2D eigenvalue weighted by molar-refractivity contribution is 4.98. The number of hydrogen-bond acceptors (Lipinski definition) is 2. The minimum absolute atomic E-state index is 0.109. The van der Waals surface area contributed by atoms with Crippen molar-refractivity contribution < 1.29 is 0 Å². The Morgan fingerprint density at radius 2 is 2.08 bits per heavy atom. The van der Waals surface area contributed by atoms with Crippen LogP contribution in [0.2, 0.25) is 0 Å². The van der Waals surface area contributed by atoms with Gasteiger partial charge in [-0.05, 0) is 24.7 Å². The largest absolute Gasteiger partial charge is 0.299 e. The van der Waals surface area contributed by atoms with Gasteiger partial charge in [-0.25, -0.2) is 0 Å². The second-order valence-electron chi connectivity index (χ2n) is 4.89. The van der Waals surface area contributed by atoms with Gasteiger partial charge in [0, 0.05) is 6.04 Å². The Morgan fingerprint density at radius 1 is 1.42 bits per heavy atom. The Labute approximate surface area is 75.0 Å². The standard InChI is InChI=1S/C10H18N2/c1-10(2,3)6-8-4-5-9(7-11)12-8/h8-9,12H,4-6H2,1-3H3/t8-,9+/m0/s1. The van der Waals surface area contributed by atoms with Gasteiger partial charge in [0.1, 0.15) is 0 Å². The first-order valence-electron chi connectivity index (χ1n) is 4.67. The van der Waals surface area contributed by atoms with E-state index in [4.69, 9.17) is 5.26 Å². The monoisotopic (exact) mass is 166 g/mol. The van der Waals surface area contributed by atoms with E-state index >= 15 is 0 Å². The highest BCUT2D eigenvalue weighted by atomic mass is 15.0. The first-order valence-corrected chi connectivity index (χ1v) is 4.67. The lowest BCUT2D eigenvalue weighted by Crippen LogP contribution is -2.31. The Kier molecular flexibility index (Phi) is 2.74. The van der Waals surface area contributed by atoms with Crippen LogP contribution in [0.25, 0.3) is 0 Å². The Morgan fingerprint density at radius 3 is 2.50 bits per heavy atom. The Hall–Kier alpha value is -0.550. The van der Waals surface area contributed by atoms with E-state index in [0.717, 1.165) is 12.8 Å². The van der Waals surface area contributed by atoms with Gasteiger partial charge in [-0.3, -0.25) is 5.32 Å². The summed E-state index contributed by atoms with van der Waals surface area (Å²) in [6.07, 6.45) is 3.36. The molecule has 0 amide bonds. The molecule has 0 aromatic heterocycles. The van der Waals surface area contributed by atoms with Gasteiger partial charge in [-0.1, -0.05) is 20.8 Å². The molecule has 1 rings (SSSR count). The van der Waals surface area contributed by atoms with Crippen LogP contribution < -0.4 is 5.32 Å². The van der Waals surface area contributed by atoms with Crippen LogP contribution in [0.3, 0.4) is 0 Å². The third kappa shape index (κ3) is 2.83. The summed E-state index contributed by atoms with van der Waals surface area (Å²) in [6, 6.07) is 2.94. The van der Waals surface area contributed by atoms with E-state index in [1.54, 1.807) is 0 Å². The molecule has 0 aromatic rings. The van der Waals surface area contributed by atoms with E-state index < -0.39 is 0 Å². The summed E-state index contributed by atoms with van der Waals surface area (Å²) in [4.78, 5) is 0. The van der Waals surface area contributed by atoms with Gasteiger partial charge >= 0.3 is 0 Å². The van der Waals surface area contributed by atoms with Crippen molar-refractivity contribution in [2.45, 2.75) is 52.1 Å². The zero-order valence-corrected chi connectivity index (χ0v) is 8.22. The fraction of sp³-hybridized carbons (Fsp3) is 0.900. The molecule has 1 N–H and O–H groups in total. The minimum Gasteiger partial charge on any atom is -0.299 e. The summed E-state index contributed by atoms with van der Waals surface area (Å²) in [6.45, 7) is 6.73. The maximum atomic E-state index is 8.67. The SMILES string of the molecule is CC(C)(C)C[C@@H]1CC[C@H](C#N)N1. The van der Waals surface area contributed by atoms with Crippen molar-refractivity contribution in [3.8, 4) is 6.07 Å². The molecule has 1 fully saturated rings. The van der Waals surface area contributed by atoms with Crippen molar-refractivity contribution in [2.75, 3.05) is 0 Å². The molecule has 12 heavy (non-hydrogen) atoms. The third-order valence-corrected chi connectivity index (χ3v) is 2.26. The zero-order chi connectivity index (χ0) is 9.19. The predicted octanol–water partition coefficient (Wildman–Crippen LogP) is 2.07. The molecule has 0 saturated carbocycles. The molecule has 0 aliphatic carbocycles. The summed E-state index contributed by atoms with van der Waals surface area (Å²) in [5.41, 5.74) is 0.377. The zero-order valence-electron chi connectivity index (χ0n) is 8.22. The summed E-state index contributed by atoms with van der Waals surface area (Å²) >= 11 is 0. The molecular formula is C10H18N2. The Balaban J connectivity index is 2.34. The molecule has 0 aromatic carbocycles. The topological polar surface area (TPSA) is 35.8 Å². The number of hydrogen-bond donors (Lipinski definition) is 1. The highest BCUT2D eigenvalue weighted by Gasteiger charge is 2.26. The second kappa shape index (κ2) is 3.45. The van der Waals surface area contributed by atoms with Crippen LogP contribution in [-0.4, -0.2) is 12.1 Å². The summed E-state index contributed by atoms with van der Waals surface area (Å²) < 4.78 is 0. The second-order valence-corrected chi connectivity index (χ2v) is 4.89. The first kappa shape index (κ1) is 9.54. The third-order valence-electron chi connectivity index (χ3n) is 2.26. The van der Waals surface area contributed by atoms with Crippen molar-refractivity contribution >= 4 is 0 Å². The van der Waals surface area contributed by atoms with Gasteiger partial charge in [0.2, 0.25) is 0 Å². The highest BCUT2D eigenvalue weighted by Crippen LogP contribution is 2.26. The van der Waals surface area contributed by atoms with Crippen LogP contribution in [-0.2, 0) is 0 Å². The van der Waals surface area contributed by atoms with Gasteiger partial charge in [0.15, 0.2) is 0 Å². The molecule has 2 nitrogen and oxygen atoms in total. The van der Waals surface area contributed by atoms with E-state index in [0.29, 0.717) is 11.5 Å². The lowest BCUT2D eigenvalue weighted by atomic mass is 9.88. The van der Waals surface area contributed by atoms with Gasteiger partial charge in [-0.2, -0.15) is 5.26 Å². The van der Waals surface area contributed by atoms with E-state index in [9.17, 15) is 0 Å². The molecule has 0 radical (unpaired) electrons. The van der Waals surface area contributed by atoms with Crippen LogP contribution in [0, 0.1) is 16.7 Å². The fourth-order valence-corrected chi connectivity index (χ4v) is 1.82. The average molecular weight is 166 g/mol. The van der Waals surface area contributed by atoms with Crippen molar-refractivity contribution in [1.82, 2.24) is 5.32 Å². The maximum Gasteiger partial charge on any atom is 0.0955 e.